The summed E-state index contributed by atoms with van der Waals surface area (Å²) in [6.45, 7) is 2.17. The van der Waals surface area contributed by atoms with Crippen LogP contribution in [0, 0.1) is 11.8 Å². The van der Waals surface area contributed by atoms with Crippen molar-refractivity contribution >= 4 is 10.0 Å². The molecule has 2 saturated heterocycles. The Morgan fingerprint density at radius 2 is 1.74 bits per heavy atom. The monoisotopic (exact) mass is 484 g/mol. The predicted octanol–water partition coefficient (Wildman–Crippen LogP) is 2.31. The van der Waals surface area contributed by atoms with Crippen LogP contribution in [0.1, 0.15) is 29.9 Å². The molecule has 7 nitrogen and oxygen atoms in total. The van der Waals surface area contributed by atoms with E-state index in [9.17, 15) is 13.5 Å². The van der Waals surface area contributed by atoms with Gasteiger partial charge in [-0.25, -0.2) is 8.42 Å². The Hall–Kier alpha value is -2.41. The molecule has 2 aromatic carbocycles. The van der Waals surface area contributed by atoms with Gasteiger partial charge < -0.3 is 14.6 Å². The second-order valence-corrected chi connectivity index (χ2v) is 10.6. The topological polar surface area (TPSA) is 79.3 Å². The SMILES string of the molecule is COCC#Cc1ccc([C@@H]2[C@@H](CO)N3CCCCN(S(=O)(=O)c4ccc(OC)cc4)C[C@@H]23)cc1. The first-order chi connectivity index (χ1) is 16.5. The van der Waals surface area contributed by atoms with E-state index in [0.717, 1.165) is 30.5 Å². The summed E-state index contributed by atoms with van der Waals surface area (Å²) in [5.41, 5.74) is 2.00. The van der Waals surface area contributed by atoms with Crippen LogP contribution in [0.5, 0.6) is 5.75 Å². The van der Waals surface area contributed by atoms with Gasteiger partial charge in [0.2, 0.25) is 10.0 Å². The minimum Gasteiger partial charge on any atom is -0.497 e. The molecule has 2 aliphatic heterocycles. The van der Waals surface area contributed by atoms with Crippen molar-refractivity contribution in [2.24, 2.45) is 0 Å². The van der Waals surface area contributed by atoms with Crippen molar-refractivity contribution in [3.63, 3.8) is 0 Å². The number of rotatable bonds is 6. The van der Waals surface area contributed by atoms with Gasteiger partial charge in [0.25, 0.3) is 0 Å². The molecule has 0 spiro atoms. The minimum absolute atomic E-state index is 0.0101. The van der Waals surface area contributed by atoms with Gasteiger partial charge in [-0.3, -0.25) is 4.90 Å². The summed E-state index contributed by atoms with van der Waals surface area (Å²) >= 11 is 0. The number of fused-ring (bicyclic) bond motifs is 1. The van der Waals surface area contributed by atoms with Crippen LogP contribution >= 0.6 is 0 Å². The lowest BCUT2D eigenvalue weighted by Gasteiger charge is -2.57. The van der Waals surface area contributed by atoms with Gasteiger partial charge in [-0.15, -0.1) is 0 Å². The molecule has 1 N–H and O–H groups in total. The fourth-order valence-electron chi connectivity index (χ4n) is 5.02. The molecular weight excluding hydrogens is 452 g/mol. The van der Waals surface area contributed by atoms with Crippen LogP contribution < -0.4 is 4.74 Å². The average Bonchev–Trinajstić information content (AvgIpc) is 2.84. The summed E-state index contributed by atoms with van der Waals surface area (Å²) in [4.78, 5) is 2.54. The van der Waals surface area contributed by atoms with Crippen molar-refractivity contribution in [3.05, 3.63) is 59.7 Å². The van der Waals surface area contributed by atoms with Crippen molar-refractivity contribution in [2.45, 2.75) is 35.7 Å². The number of sulfonamides is 1. The third-order valence-corrected chi connectivity index (χ3v) is 8.65. The number of aliphatic hydroxyl groups is 1. The van der Waals surface area contributed by atoms with Crippen LogP contribution in [-0.2, 0) is 14.8 Å². The molecule has 34 heavy (non-hydrogen) atoms. The smallest absolute Gasteiger partial charge is 0.243 e. The Morgan fingerprint density at radius 3 is 2.38 bits per heavy atom. The number of hydrogen-bond donors (Lipinski definition) is 1. The Balaban J connectivity index is 1.58. The molecule has 4 rings (SSSR count). The molecule has 0 aromatic heterocycles. The summed E-state index contributed by atoms with van der Waals surface area (Å²) in [6.07, 6.45) is 1.68. The van der Waals surface area contributed by atoms with Crippen molar-refractivity contribution in [1.29, 1.82) is 0 Å². The van der Waals surface area contributed by atoms with Gasteiger partial charge in [0.05, 0.1) is 18.6 Å². The third kappa shape index (κ3) is 4.99. The van der Waals surface area contributed by atoms with Crippen LogP contribution in [0.2, 0.25) is 0 Å². The van der Waals surface area contributed by atoms with Gasteiger partial charge in [0.15, 0.2) is 0 Å². The highest BCUT2D eigenvalue weighted by Crippen LogP contribution is 2.42. The zero-order chi connectivity index (χ0) is 24.1. The van der Waals surface area contributed by atoms with E-state index in [1.165, 1.54) is 0 Å². The summed E-state index contributed by atoms with van der Waals surface area (Å²) in [7, 11) is -0.468. The fourth-order valence-corrected chi connectivity index (χ4v) is 6.52. The molecule has 2 aromatic rings. The predicted molar refractivity (Wildman–Crippen MR) is 130 cm³/mol. The maximum absolute atomic E-state index is 13.5. The van der Waals surface area contributed by atoms with E-state index in [0.29, 0.717) is 25.4 Å². The summed E-state index contributed by atoms with van der Waals surface area (Å²) in [5, 5.41) is 10.1. The van der Waals surface area contributed by atoms with Gasteiger partial charge in [-0.05, 0) is 61.3 Å². The zero-order valence-electron chi connectivity index (χ0n) is 19.7. The van der Waals surface area contributed by atoms with E-state index in [2.05, 4.69) is 16.7 Å². The lowest BCUT2D eigenvalue weighted by Crippen LogP contribution is -2.67. The number of aliphatic hydroxyl groups excluding tert-OH is 1. The molecule has 0 radical (unpaired) electrons. The molecule has 0 bridgehead atoms. The van der Waals surface area contributed by atoms with Gasteiger partial charge >= 0.3 is 0 Å². The molecular formula is C26H32N2O5S. The van der Waals surface area contributed by atoms with E-state index in [1.54, 1.807) is 42.8 Å². The first-order valence-electron chi connectivity index (χ1n) is 11.6. The van der Waals surface area contributed by atoms with Gasteiger partial charge in [-0.2, -0.15) is 4.31 Å². The molecule has 2 fully saturated rings. The zero-order valence-corrected chi connectivity index (χ0v) is 20.5. The summed E-state index contributed by atoms with van der Waals surface area (Å²) < 4.78 is 38.7. The molecule has 3 atom stereocenters. The standard InChI is InChI=1S/C26H32N2O5S/c1-32-17-5-6-20-7-9-21(10-8-20)26-24-18-27(15-3-4-16-28(24)25(26)19-29)34(30,31)23-13-11-22(33-2)12-14-23/h7-14,24-26,29H,3-4,15-19H2,1-2H3/t24-,25+,26-/m0/s1. The normalized spacial score (nSPS) is 23.6. The Bertz CT molecular complexity index is 1120. The maximum atomic E-state index is 13.5. The van der Waals surface area contributed by atoms with Crippen LogP contribution in [-0.4, -0.2) is 81.9 Å². The van der Waals surface area contributed by atoms with E-state index < -0.39 is 10.0 Å². The van der Waals surface area contributed by atoms with Crippen LogP contribution in [0.4, 0.5) is 0 Å². The minimum atomic E-state index is -3.64. The maximum Gasteiger partial charge on any atom is 0.243 e. The molecule has 2 aliphatic rings. The van der Waals surface area contributed by atoms with Crippen molar-refractivity contribution < 1.29 is 23.0 Å². The van der Waals surface area contributed by atoms with Gasteiger partial charge in [-0.1, -0.05) is 24.0 Å². The van der Waals surface area contributed by atoms with E-state index in [4.69, 9.17) is 9.47 Å². The number of hydrogen-bond acceptors (Lipinski definition) is 6. The van der Waals surface area contributed by atoms with Crippen LogP contribution in [0.3, 0.4) is 0 Å². The highest BCUT2D eigenvalue weighted by Gasteiger charge is 2.50. The Labute approximate surface area is 202 Å². The van der Waals surface area contributed by atoms with E-state index in [-0.39, 0.29) is 29.5 Å². The van der Waals surface area contributed by atoms with E-state index in [1.807, 2.05) is 24.3 Å². The first kappa shape index (κ1) is 24.7. The van der Waals surface area contributed by atoms with Crippen LogP contribution in [0.15, 0.2) is 53.4 Å². The largest absolute Gasteiger partial charge is 0.497 e. The average molecular weight is 485 g/mol. The Kier molecular flexibility index (Phi) is 7.91. The Morgan fingerprint density at radius 1 is 1.03 bits per heavy atom. The lowest BCUT2D eigenvalue weighted by molar-refractivity contribution is -0.0553. The molecule has 0 saturated carbocycles. The molecule has 182 valence electrons. The van der Waals surface area contributed by atoms with Crippen molar-refractivity contribution in [3.8, 4) is 17.6 Å². The lowest BCUT2D eigenvalue weighted by atomic mass is 9.74. The first-order valence-corrected chi connectivity index (χ1v) is 13.0. The molecule has 2 heterocycles. The second kappa shape index (κ2) is 10.9. The number of methoxy groups -OCH3 is 2. The van der Waals surface area contributed by atoms with Crippen LogP contribution in [0.25, 0.3) is 0 Å². The summed E-state index contributed by atoms with van der Waals surface area (Å²) in [6, 6.07) is 14.6. The van der Waals surface area contributed by atoms with Gasteiger partial charge in [0.1, 0.15) is 12.4 Å². The van der Waals surface area contributed by atoms with Crippen molar-refractivity contribution in [2.75, 3.05) is 47.1 Å². The highest BCUT2D eigenvalue weighted by molar-refractivity contribution is 7.89. The van der Waals surface area contributed by atoms with E-state index >= 15 is 0 Å². The fraction of sp³-hybridized carbons (Fsp3) is 0.462. The quantitative estimate of drug-likeness (QED) is 0.634. The van der Waals surface area contributed by atoms with Crippen molar-refractivity contribution in [1.82, 2.24) is 9.21 Å². The highest BCUT2D eigenvalue weighted by atomic mass is 32.2. The summed E-state index contributed by atoms with van der Waals surface area (Å²) in [5.74, 6) is 6.70. The molecule has 8 heteroatoms. The molecule has 0 unspecified atom stereocenters. The second-order valence-electron chi connectivity index (χ2n) is 8.68. The third-order valence-electron chi connectivity index (χ3n) is 6.77. The molecule has 0 amide bonds. The molecule has 0 aliphatic carbocycles. The number of benzene rings is 2. The number of nitrogens with zero attached hydrogens (tertiary/aromatic N) is 2. The number of ether oxygens (including phenoxy) is 2. The van der Waals surface area contributed by atoms with Gasteiger partial charge in [0, 0.05) is 43.8 Å².